The van der Waals surface area contributed by atoms with E-state index in [1.54, 1.807) is 6.33 Å². The zero-order valence-corrected chi connectivity index (χ0v) is 12.2. The van der Waals surface area contributed by atoms with Crippen LogP contribution in [-0.2, 0) is 13.6 Å². The van der Waals surface area contributed by atoms with Gasteiger partial charge in [-0.05, 0) is 32.4 Å². The zero-order valence-electron chi connectivity index (χ0n) is 12.2. The molecule has 0 N–H and O–H groups in total. The number of hydrogen-bond donors (Lipinski definition) is 0. The summed E-state index contributed by atoms with van der Waals surface area (Å²) in [5, 5.41) is 4.33. The Balaban J connectivity index is 1.68. The van der Waals surface area contributed by atoms with Gasteiger partial charge in [-0.25, -0.2) is 9.97 Å². The van der Waals surface area contributed by atoms with Gasteiger partial charge in [0.15, 0.2) is 0 Å². The van der Waals surface area contributed by atoms with E-state index in [-0.39, 0.29) is 0 Å². The standard InChI is InChI=1S/C15H21N5/c1-12-14(8-18-19(12)2)10-20-7-3-4-13(9-20)15-5-6-16-11-17-15/h5-6,8,11,13H,3-4,7,9-10H2,1-2H3. The molecule has 1 aliphatic heterocycles. The second kappa shape index (κ2) is 5.71. The summed E-state index contributed by atoms with van der Waals surface area (Å²) in [7, 11) is 2.00. The molecule has 1 unspecified atom stereocenters. The average Bonchev–Trinajstić information content (AvgIpc) is 2.81. The maximum Gasteiger partial charge on any atom is 0.115 e. The molecule has 0 amide bonds. The Hall–Kier alpha value is -1.75. The minimum absolute atomic E-state index is 0.531. The number of aromatic nitrogens is 4. The highest BCUT2D eigenvalue weighted by molar-refractivity contribution is 5.16. The fraction of sp³-hybridized carbons (Fsp3) is 0.533. The smallest absolute Gasteiger partial charge is 0.115 e. The molecule has 0 radical (unpaired) electrons. The van der Waals surface area contributed by atoms with Gasteiger partial charge in [0.25, 0.3) is 0 Å². The Kier molecular flexibility index (Phi) is 3.78. The summed E-state index contributed by atoms with van der Waals surface area (Å²) in [4.78, 5) is 10.9. The third-order valence-corrected chi connectivity index (χ3v) is 4.26. The molecule has 3 heterocycles. The predicted octanol–water partition coefficient (Wildman–Crippen LogP) is 1.90. The van der Waals surface area contributed by atoms with Crippen molar-refractivity contribution in [1.82, 2.24) is 24.6 Å². The molecule has 0 spiro atoms. The molecule has 0 aromatic carbocycles. The summed E-state index contributed by atoms with van der Waals surface area (Å²) in [5.74, 6) is 0.531. The van der Waals surface area contributed by atoms with Gasteiger partial charge in [-0.1, -0.05) is 0 Å². The predicted molar refractivity (Wildman–Crippen MR) is 77.2 cm³/mol. The minimum Gasteiger partial charge on any atom is -0.298 e. The summed E-state index contributed by atoms with van der Waals surface area (Å²) in [6.45, 7) is 5.36. The summed E-state index contributed by atoms with van der Waals surface area (Å²) in [6.07, 6.45) is 7.93. The van der Waals surface area contributed by atoms with Crippen LogP contribution < -0.4 is 0 Å². The lowest BCUT2D eigenvalue weighted by Crippen LogP contribution is -2.34. The van der Waals surface area contributed by atoms with Crippen LogP contribution in [0, 0.1) is 6.92 Å². The molecule has 106 valence electrons. The van der Waals surface area contributed by atoms with Crippen LogP contribution in [-0.4, -0.2) is 37.7 Å². The largest absolute Gasteiger partial charge is 0.298 e. The number of rotatable bonds is 3. The molecule has 1 aliphatic rings. The van der Waals surface area contributed by atoms with Gasteiger partial charge in [-0.3, -0.25) is 9.58 Å². The molecule has 2 aromatic heterocycles. The first-order valence-electron chi connectivity index (χ1n) is 7.20. The molecular weight excluding hydrogens is 250 g/mol. The quantitative estimate of drug-likeness (QED) is 0.855. The second-order valence-corrected chi connectivity index (χ2v) is 5.59. The van der Waals surface area contributed by atoms with Crippen LogP contribution in [0.25, 0.3) is 0 Å². The molecule has 3 rings (SSSR count). The topological polar surface area (TPSA) is 46.8 Å². The summed E-state index contributed by atoms with van der Waals surface area (Å²) in [5.41, 5.74) is 3.76. The third-order valence-electron chi connectivity index (χ3n) is 4.26. The van der Waals surface area contributed by atoms with E-state index in [1.807, 2.05) is 30.2 Å². The molecule has 1 fully saturated rings. The van der Waals surface area contributed by atoms with Gasteiger partial charge >= 0.3 is 0 Å². The van der Waals surface area contributed by atoms with Gasteiger partial charge in [-0.15, -0.1) is 0 Å². The summed E-state index contributed by atoms with van der Waals surface area (Å²) >= 11 is 0. The van der Waals surface area contributed by atoms with Crippen molar-refractivity contribution in [2.24, 2.45) is 7.05 Å². The van der Waals surface area contributed by atoms with Crippen molar-refractivity contribution in [2.75, 3.05) is 13.1 Å². The lowest BCUT2D eigenvalue weighted by Gasteiger charge is -2.32. The normalized spacial score (nSPS) is 20.2. The Morgan fingerprint density at radius 3 is 3.00 bits per heavy atom. The van der Waals surface area contributed by atoms with Crippen molar-refractivity contribution in [3.63, 3.8) is 0 Å². The van der Waals surface area contributed by atoms with Crippen molar-refractivity contribution in [3.05, 3.63) is 41.7 Å². The van der Waals surface area contributed by atoms with E-state index in [1.165, 1.54) is 29.8 Å². The van der Waals surface area contributed by atoms with Gasteiger partial charge in [0.2, 0.25) is 0 Å². The van der Waals surface area contributed by atoms with Gasteiger partial charge in [-0.2, -0.15) is 5.10 Å². The highest BCUT2D eigenvalue weighted by Gasteiger charge is 2.23. The van der Waals surface area contributed by atoms with E-state index >= 15 is 0 Å². The molecule has 5 heteroatoms. The zero-order chi connectivity index (χ0) is 13.9. The molecule has 1 atom stereocenters. The molecule has 2 aromatic rings. The van der Waals surface area contributed by atoms with E-state index in [2.05, 4.69) is 26.9 Å². The first kappa shape index (κ1) is 13.2. The van der Waals surface area contributed by atoms with Gasteiger partial charge < -0.3 is 0 Å². The summed E-state index contributed by atoms with van der Waals surface area (Å²) in [6, 6.07) is 2.05. The molecule has 20 heavy (non-hydrogen) atoms. The van der Waals surface area contributed by atoms with Crippen LogP contribution in [0.4, 0.5) is 0 Å². The van der Waals surface area contributed by atoms with Crippen LogP contribution in [0.1, 0.15) is 35.7 Å². The lowest BCUT2D eigenvalue weighted by atomic mass is 9.94. The van der Waals surface area contributed by atoms with E-state index < -0.39 is 0 Å². The first-order chi connectivity index (χ1) is 9.74. The SMILES string of the molecule is Cc1c(CN2CCCC(c3ccncn3)C2)cnn1C. The van der Waals surface area contributed by atoms with E-state index in [9.17, 15) is 0 Å². The minimum atomic E-state index is 0.531. The maximum atomic E-state index is 4.41. The van der Waals surface area contributed by atoms with Gasteiger partial charge in [0, 0.05) is 49.2 Å². The molecule has 0 bridgehead atoms. The monoisotopic (exact) mass is 271 g/mol. The van der Waals surface area contributed by atoms with Crippen LogP contribution in [0.15, 0.2) is 24.8 Å². The number of likely N-dealkylation sites (tertiary alicyclic amines) is 1. The Bertz CT molecular complexity index is 563. The third kappa shape index (κ3) is 2.72. The van der Waals surface area contributed by atoms with Crippen LogP contribution in [0.5, 0.6) is 0 Å². The molecule has 5 nitrogen and oxygen atoms in total. The number of hydrogen-bond acceptors (Lipinski definition) is 4. The van der Waals surface area contributed by atoms with Crippen LogP contribution in [0.3, 0.4) is 0 Å². The Morgan fingerprint density at radius 2 is 2.30 bits per heavy atom. The Labute approximate surface area is 119 Å². The van der Waals surface area contributed by atoms with E-state index in [0.717, 1.165) is 19.6 Å². The van der Waals surface area contributed by atoms with Crippen molar-refractivity contribution in [1.29, 1.82) is 0 Å². The Morgan fingerprint density at radius 1 is 1.40 bits per heavy atom. The van der Waals surface area contributed by atoms with Crippen LogP contribution in [0.2, 0.25) is 0 Å². The van der Waals surface area contributed by atoms with Crippen molar-refractivity contribution < 1.29 is 0 Å². The summed E-state index contributed by atoms with van der Waals surface area (Å²) < 4.78 is 1.95. The highest BCUT2D eigenvalue weighted by atomic mass is 15.3. The van der Waals surface area contributed by atoms with Crippen molar-refractivity contribution in [2.45, 2.75) is 32.2 Å². The molecule has 1 saturated heterocycles. The fourth-order valence-corrected chi connectivity index (χ4v) is 2.92. The maximum absolute atomic E-state index is 4.41. The fourth-order valence-electron chi connectivity index (χ4n) is 2.92. The highest BCUT2D eigenvalue weighted by Crippen LogP contribution is 2.26. The van der Waals surface area contributed by atoms with Crippen molar-refractivity contribution >= 4 is 0 Å². The van der Waals surface area contributed by atoms with E-state index in [0.29, 0.717) is 5.92 Å². The van der Waals surface area contributed by atoms with Gasteiger partial charge in [0.05, 0.1) is 6.20 Å². The van der Waals surface area contributed by atoms with Crippen molar-refractivity contribution in [3.8, 4) is 0 Å². The molecule has 0 aliphatic carbocycles. The van der Waals surface area contributed by atoms with Crippen LogP contribution >= 0.6 is 0 Å². The molecular formula is C15H21N5. The number of aryl methyl sites for hydroxylation is 1. The van der Waals surface area contributed by atoms with E-state index in [4.69, 9.17) is 0 Å². The molecule has 0 saturated carbocycles. The first-order valence-corrected chi connectivity index (χ1v) is 7.20. The van der Waals surface area contributed by atoms with Gasteiger partial charge in [0.1, 0.15) is 6.33 Å². The number of piperidine rings is 1. The number of nitrogens with zero attached hydrogens (tertiary/aromatic N) is 5. The average molecular weight is 271 g/mol. The lowest BCUT2D eigenvalue weighted by molar-refractivity contribution is 0.198. The second-order valence-electron chi connectivity index (χ2n) is 5.59.